The van der Waals surface area contributed by atoms with Crippen LogP contribution in [0.15, 0.2) is 41.3 Å². The third kappa shape index (κ3) is 4.34. The molecule has 1 saturated heterocycles. The van der Waals surface area contributed by atoms with Crippen molar-refractivity contribution in [1.82, 2.24) is 30.0 Å². The fraction of sp³-hybridized carbons (Fsp3) is 0.375. The SMILES string of the molecule is O=C(NC1CCOC1)[C@@H]1CC[C@@H](Nc2ncc3c(Br)nn(-c4cc(F)c5ncccc5c4)c3n2)C1. The Kier molecular flexibility index (Phi) is 5.81. The normalized spacial score (nSPS) is 22.2. The molecule has 1 aliphatic carbocycles. The predicted molar refractivity (Wildman–Crippen MR) is 132 cm³/mol. The summed E-state index contributed by atoms with van der Waals surface area (Å²) in [6, 6.07) is 7.02. The molecule has 2 aliphatic rings. The van der Waals surface area contributed by atoms with Crippen LogP contribution in [0.4, 0.5) is 10.3 Å². The number of nitrogens with zero attached hydrogens (tertiary/aromatic N) is 5. The summed E-state index contributed by atoms with van der Waals surface area (Å²) in [5, 5.41) is 12.4. The van der Waals surface area contributed by atoms with Gasteiger partial charge >= 0.3 is 0 Å². The fourth-order valence-corrected chi connectivity index (χ4v) is 5.31. The molecule has 11 heteroatoms. The van der Waals surface area contributed by atoms with Gasteiger partial charge in [0.1, 0.15) is 10.1 Å². The summed E-state index contributed by atoms with van der Waals surface area (Å²) in [5.41, 5.74) is 1.39. The fourth-order valence-electron chi connectivity index (χ4n) is 4.87. The first-order valence-electron chi connectivity index (χ1n) is 11.7. The van der Waals surface area contributed by atoms with Gasteiger partial charge in [-0.2, -0.15) is 10.1 Å². The minimum atomic E-state index is -0.426. The van der Waals surface area contributed by atoms with Gasteiger partial charge < -0.3 is 15.4 Å². The van der Waals surface area contributed by atoms with E-state index in [0.29, 0.717) is 57.8 Å². The molecule has 0 radical (unpaired) electrons. The van der Waals surface area contributed by atoms with Crippen molar-refractivity contribution in [3.8, 4) is 5.69 Å². The molecule has 1 amide bonds. The predicted octanol–water partition coefficient (Wildman–Crippen LogP) is 3.75. The number of carbonyl (C=O) groups excluding carboxylic acids is 1. The Morgan fingerprint density at radius 2 is 2.11 bits per heavy atom. The quantitative estimate of drug-likeness (QED) is 0.397. The highest BCUT2D eigenvalue weighted by Crippen LogP contribution is 2.30. The summed E-state index contributed by atoms with van der Waals surface area (Å²) in [5.74, 6) is 0.0794. The average molecular weight is 540 g/mol. The third-order valence-corrected chi connectivity index (χ3v) is 7.27. The zero-order valence-electron chi connectivity index (χ0n) is 18.7. The Hall–Kier alpha value is -3.18. The number of hydrogen-bond donors (Lipinski definition) is 2. The summed E-state index contributed by atoms with van der Waals surface area (Å²) >= 11 is 3.46. The van der Waals surface area contributed by atoms with Crippen LogP contribution in [0.5, 0.6) is 0 Å². The molecule has 1 unspecified atom stereocenters. The van der Waals surface area contributed by atoms with Crippen LogP contribution < -0.4 is 10.6 Å². The summed E-state index contributed by atoms with van der Waals surface area (Å²) in [4.78, 5) is 25.9. The van der Waals surface area contributed by atoms with E-state index >= 15 is 0 Å². The van der Waals surface area contributed by atoms with E-state index in [1.54, 1.807) is 23.1 Å². The Morgan fingerprint density at radius 3 is 2.97 bits per heavy atom. The second-order valence-electron chi connectivity index (χ2n) is 9.06. The van der Waals surface area contributed by atoms with Gasteiger partial charge in [-0.05, 0) is 53.7 Å². The first kappa shape index (κ1) is 22.3. The maximum absolute atomic E-state index is 14.7. The number of rotatable bonds is 5. The zero-order chi connectivity index (χ0) is 23.9. The van der Waals surface area contributed by atoms with E-state index in [1.165, 1.54) is 6.07 Å². The highest BCUT2D eigenvalue weighted by Gasteiger charge is 2.32. The molecule has 1 saturated carbocycles. The lowest BCUT2D eigenvalue weighted by Crippen LogP contribution is -2.38. The van der Waals surface area contributed by atoms with E-state index in [9.17, 15) is 9.18 Å². The number of anilines is 1. The molecule has 3 aromatic heterocycles. The van der Waals surface area contributed by atoms with Gasteiger partial charge in [0.2, 0.25) is 11.9 Å². The van der Waals surface area contributed by atoms with E-state index in [1.807, 2.05) is 12.1 Å². The number of amides is 1. The van der Waals surface area contributed by atoms with Crippen molar-refractivity contribution in [3.05, 3.63) is 47.1 Å². The highest BCUT2D eigenvalue weighted by molar-refractivity contribution is 9.10. The van der Waals surface area contributed by atoms with Crippen LogP contribution in [0.1, 0.15) is 25.7 Å². The van der Waals surface area contributed by atoms with Crippen LogP contribution in [-0.4, -0.2) is 55.9 Å². The molecule has 6 rings (SSSR count). The number of fused-ring (bicyclic) bond motifs is 2. The van der Waals surface area contributed by atoms with E-state index in [4.69, 9.17) is 9.72 Å². The molecule has 1 aromatic carbocycles. The molecule has 180 valence electrons. The lowest BCUT2D eigenvalue weighted by atomic mass is 10.1. The van der Waals surface area contributed by atoms with Crippen LogP contribution in [0.3, 0.4) is 0 Å². The molecular formula is C24H23BrFN7O2. The summed E-state index contributed by atoms with van der Waals surface area (Å²) in [6.45, 7) is 1.30. The standard InChI is InChI=1S/C24H23BrFN7O2/c25-21-18-11-28-24(30-15-4-3-14(8-15)23(34)29-16-5-7-35-12-16)31-22(18)33(32-21)17-9-13-2-1-6-27-20(13)19(26)10-17/h1-2,6,9-11,14-16H,3-5,7-8,12H2,(H,29,34)(H,28,30,31)/t14-,15-,16?/m1/s1. The molecule has 35 heavy (non-hydrogen) atoms. The molecule has 9 nitrogen and oxygen atoms in total. The Bertz CT molecular complexity index is 1420. The molecule has 4 heterocycles. The van der Waals surface area contributed by atoms with Crippen LogP contribution in [0, 0.1) is 11.7 Å². The van der Waals surface area contributed by atoms with Gasteiger partial charge in [-0.25, -0.2) is 14.1 Å². The van der Waals surface area contributed by atoms with Crippen LogP contribution in [0.25, 0.3) is 27.6 Å². The van der Waals surface area contributed by atoms with Crippen molar-refractivity contribution in [1.29, 1.82) is 0 Å². The molecule has 2 fully saturated rings. The molecule has 3 atom stereocenters. The minimum Gasteiger partial charge on any atom is -0.379 e. The molecule has 0 bridgehead atoms. The topological polar surface area (TPSA) is 107 Å². The van der Waals surface area contributed by atoms with E-state index < -0.39 is 5.82 Å². The lowest BCUT2D eigenvalue weighted by molar-refractivity contribution is -0.125. The minimum absolute atomic E-state index is 0.0364. The summed E-state index contributed by atoms with van der Waals surface area (Å²) in [7, 11) is 0. The number of hydrogen-bond acceptors (Lipinski definition) is 7. The number of aromatic nitrogens is 5. The molecule has 0 spiro atoms. The van der Waals surface area contributed by atoms with Gasteiger partial charge in [0.25, 0.3) is 0 Å². The highest BCUT2D eigenvalue weighted by atomic mass is 79.9. The second kappa shape index (κ2) is 9.12. The molecule has 4 aromatic rings. The third-order valence-electron chi connectivity index (χ3n) is 6.68. The Morgan fingerprint density at radius 1 is 1.20 bits per heavy atom. The van der Waals surface area contributed by atoms with Gasteiger partial charge in [0.15, 0.2) is 11.5 Å². The average Bonchev–Trinajstić information content (AvgIpc) is 3.60. The van der Waals surface area contributed by atoms with Crippen molar-refractivity contribution >= 4 is 49.7 Å². The van der Waals surface area contributed by atoms with Crippen LogP contribution in [-0.2, 0) is 9.53 Å². The maximum atomic E-state index is 14.7. The Balaban J connectivity index is 1.23. The number of benzene rings is 1. The van der Waals surface area contributed by atoms with Gasteiger partial charge in [0, 0.05) is 42.4 Å². The van der Waals surface area contributed by atoms with Crippen molar-refractivity contribution in [2.45, 2.75) is 37.8 Å². The lowest BCUT2D eigenvalue weighted by Gasteiger charge is -2.16. The van der Waals surface area contributed by atoms with Crippen molar-refractivity contribution in [2.24, 2.45) is 5.92 Å². The summed E-state index contributed by atoms with van der Waals surface area (Å²) in [6.07, 6.45) is 6.51. The monoisotopic (exact) mass is 539 g/mol. The smallest absolute Gasteiger partial charge is 0.224 e. The van der Waals surface area contributed by atoms with Crippen molar-refractivity contribution in [3.63, 3.8) is 0 Å². The van der Waals surface area contributed by atoms with Crippen LogP contribution in [0.2, 0.25) is 0 Å². The summed E-state index contributed by atoms with van der Waals surface area (Å²) < 4.78 is 22.2. The van der Waals surface area contributed by atoms with Gasteiger partial charge in [-0.1, -0.05) is 6.07 Å². The molecule has 2 N–H and O–H groups in total. The number of halogens is 2. The van der Waals surface area contributed by atoms with Crippen molar-refractivity contribution < 1.29 is 13.9 Å². The number of ether oxygens (including phenoxy) is 1. The molecular weight excluding hydrogens is 517 g/mol. The van der Waals surface area contributed by atoms with Gasteiger partial charge in [0.05, 0.1) is 23.7 Å². The largest absolute Gasteiger partial charge is 0.379 e. The first-order chi connectivity index (χ1) is 17.0. The van der Waals surface area contributed by atoms with E-state index in [-0.39, 0.29) is 23.9 Å². The van der Waals surface area contributed by atoms with Gasteiger partial charge in [-0.15, -0.1) is 0 Å². The Labute approximate surface area is 208 Å². The van der Waals surface area contributed by atoms with Crippen LogP contribution >= 0.6 is 15.9 Å². The number of pyridine rings is 1. The molecule has 1 aliphatic heterocycles. The van der Waals surface area contributed by atoms with E-state index in [0.717, 1.165) is 19.3 Å². The second-order valence-corrected chi connectivity index (χ2v) is 9.81. The van der Waals surface area contributed by atoms with Gasteiger partial charge in [-0.3, -0.25) is 9.78 Å². The first-order valence-corrected chi connectivity index (χ1v) is 12.4. The van der Waals surface area contributed by atoms with E-state index in [2.05, 4.69) is 41.6 Å². The zero-order valence-corrected chi connectivity index (χ0v) is 20.3. The number of carbonyl (C=O) groups is 1. The van der Waals surface area contributed by atoms with Crippen molar-refractivity contribution in [2.75, 3.05) is 18.5 Å². The number of nitrogens with one attached hydrogen (secondary N) is 2. The maximum Gasteiger partial charge on any atom is 0.224 e.